The van der Waals surface area contributed by atoms with Gasteiger partial charge in [-0.05, 0) is 11.6 Å². The van der Waals surface area contributed by atoms with Gasteiger partial charge in [0.1, 0.15) is 0 Å². The SMILES string of the molecule is O=C(O)/C=C1\C=Cc2ocnc2C1. The number of hydrogen-bond acceptors (Lipinski definition) is 3. The minimum Gasteiger partial charge on any atom is -0.478 e. The van der Waals surface area contributed by atoms with Gasteiger partial charge in [0.05, 0.1) is 5.69 Å². The molecule has 0 atom stereocenters. The van der Waals surface area contributed by atoms with Crippen LogP contribution < -0.4 is 0 Å². The fraction of sp³-hybridized carbons (Fsp3) is 0.111. The number of aliphatic carboxylic acids is 1. The van der Waals surface area contributed by atoms with Gasteiger partial charge in [0.25, 0.3) is 0 Å². The van der Waals surface area contributed by atoms with Gasteiger partial charge in [-0.3, -0.25) is 0 Å². The molecule has 0 unspecified atom stereocenters. The first-order valence-electron chi connectivity index (χ1n) is 3.79. The molecule has 0 radical (unpaired) electrons. The molecule has 0 fully saturated rings. The summed E-state index contributed by atoms with van der Waals surface area (Å²) < 4.78 is 5.04. The fourth-order valence-electron chi connectivity index (χ4n) is 1.24. The number of allylic oxidation sites excluding steroid dienone is 2. The summed E-state index contributed by atoms with van der Waals surface area (Å²) in [6, 6.07) is 0. The van der Waals surface area contributed by atoms with Crippen molar-refractivity contribution in [3.63, 3.8) is 0 Å². The normalized spacial score (nSPS) is 17.4. The summed E-state index contributed by atoms with van der Waals surface area (Å²) in [5, 5.41) is 8.51. The van der Waals surface area contributed by atoms with Gasteiger partial charge in [0.2, 0.25) is 0 Å². The Morgan fingerprint density at radius 3 is 3.23 bits per heavy atom. The Kier molecular flexibility index (Phi) is 1.73. The molecular formula is C9H7NO3. The third kappa shape index (κ3) is 1.51. The standard InChI is InChI=1S/C9H7NO3/c11-9(12)4-6-1-2-8-7(3-6)10-5-13-8/h1-2,4-5H,3H2,(H,11,12)/b6-4+. The van der Waals surface area contributed by atoms with E-state index in [-0.39, 0.29) is 0 Å². The number of hydrogen-bond donors (Lipinski definition) is 1. The smallest absolute Gasteiger partial charge is 0.328 e. The molecule has 0 saturated heterocycles. The number of nitrogens with zero attached hydrogens (tertiary/aromatic N) is 1. The van der Waals surface area contributed by atoms with E-state index in [4.69, 9.17) is 9.52 Å². The summed E-state index contributed by atoms with van der Waals surface area (Å²) in [6.07, 6.45) is 6.50. The highest BCUT2D eigenvalue weighted by Gasteiger charge is 2.12. The molecule has 0 bridgehead atoms. The molecule has 4 nitrogen and oxygen atoms in total. The van der Waals surface area contributed by atoms with Gasteiger partial charge in [-0.1, -0.05) is 6.08 Å². The van der Waals surface area contributed by atoms with Crippen LogP contribution in [0.4, 0.5) is 0 Å². The largest absolute Gasteiger partial charge is 0.478 e. The van der Waals surface area contributed by atoms with Crippen molar-refractivity contribution in [2.75, 3.05) is 0 Å². The topological polar surface area (TPSA) is 63.3 Å². The predicted molar refractivity (Wildman–Crippen MR) is 45.0 cm³/mol. The maximum atomic E-state index is 10.4. The minimum absolute atomic E-state index is 0.522. The molecule has 1 aliphatic rings. The first kappa shape index (κ1) is 7.79. The molecule has 66 valence electrons. The van der Waals surface area contributed by atoms with E-state index in [0.717, 1.165) is 11.3 Å². The zero-order chi connectivity index (χ0) is 9.26. The van der Waals surface area contributed by atoms with Crippen LogP contribution in [0, 0.1) is 0 Å². The molecule has 1 N–H and O–H groups in total. The molecular weight excluding hydrogens is 170 g/mol. The highest BCUT2D eigenvalue weighted by atomic mass is 16.4. The number of fused-ring (bicyclic) bond motifs is 1. The van der Waals surface area contributed by atoms with Crippen molar-refractivity contribution < 1.29 is 14.3 Å². The Hall–Kier alpha value is -1.84. The maximum absolute atomic E-state index is 10.4. The second kappa shape index (κ2) is 2.90. The van der Waals surface area contributed by atoms with E-state index in [1.54, 1.807) is 12.2 Å². The van der Waals surface area contributed by atoms with Crippen molar-refractivity contribution >= 4 is 12.0 Å². The Morgan fingerprint density at radius 1 is 1.62 bits per heavy atom. The van der Waals surface area contributed by atoms with Crippen LogP contribution >= 0.6 is 0 Å². The monoisotopic (exact) mass is 177 g/mol. The zero-order valence-electron chi connectivity index (χ0n) is 6.73. The molecule has 0 saturated carbocycles. The van der Waals surface area contributed by atoms with E-state index in [1.165, 1.54) is 12.5 Å². The Bertz CT molecular complexity index is 401. The van der Waals surface area contributed by atoms with Gasteiger partial charge in [0.15, 0.2) is 12.2 Å². The van der Waals surface area contributed by atoms with Crippen LogP contribution in [0.2, 0.25) is 0 Å². The summed E-state index contributed by atoms with van der Waals surface area (Å²) in [7, 11) is 0. The number of oxazole rings is 1. The third-order valence-electron chi connectivity index (χ3n) is 1.80. The van der Waals surface area contributed by atoms with Crippen molar-refractivity contribution in [2.45, 2.75) is 6.42 Å². The summed E-state index contributed by atoms with van der Waals surface area (Å²) >= 11 is 0. The number of carboxylic acids is 1. The lowest BCUT2D eigenvalue weighted by Crippen LogP contribution is -1.99. The summed E-state index contributed by atoms with van der Waals surface area (Å²) in [6.45, 7) is 0. The molecule has 1 aromatic heterocycles. The van der Waals surface area contributed by atoms with Crippen LogP contribution in [-0.4, -0.2) is 16.1 Å². The first-order valence-corrected chi connectivity index (χ1v) is 3.79. The Morgan fingerprint density at radius 2 is 2.46 bits per heavy atom. The first-order chi connectivity index (χ1) is 6.25. The van der Waals surface area contributed by atoms with Crippen molar-refractivity contribution in [2.24, 2.45) is 0 Å². The van der Waals surface area contributed by atoms with Gasteiger partial charge in [-0.25, -0.2) is 9.78 Å². The van der Waals surface area contributed by atoms with Crippen LogP contribution in [-0.2, 0) is 11.2 Å². The average molecular weight is 177 g/mol. The van der Waals surface area contributed by atoms with E-state index in [0.29, 0.717) is 12.2 Å². The predicted octanol–water partition coefficient (Wildman–Crippen LogP) is 1.25. The maximum Gasteiger partial charge on any atom is 0.328 e. The number of carboxylic acid groups (broad SMARTS) is 1. The lowest BCUT2D eigenvalue weighted by molar-refractivity contribution is -0.131. The third-order valence-corrected chi connectivity index (χ3v) is 1.80. The highest BCUT2D eigenvalue weighted by molar-refractivity contribution is 5.82. The summed E-state index contributed by atoms with van der Waals surface area (Å²) in [5.74, 6) is -0.228. The average Bonchev–Trinajstić information content (AvgIpc) is 2.49. The second-order valence-corrected chi connectivity index (χ2v) is 2.73. The molecule has 0 amide bonds. The van der Waals surface area contributed by atoms with Gasteiger partial charge in [-0.15, -0.1) is 0 Å². The molecule has 0 aliphatic heterocycles. The van der Waals surface area contributed by atoms with Gasteiger partial charge in [-0.2, -0.15) is 0 Å². The van der Waals surface area contributed by atoms with Crippen LogP contribution in [0.15, 0.2) is 28.5 Å². The van der Waals surface area contributed by atoms with E-state index >= 15 is 0 Å². The number of carbonyl (C=O) groups is 1. The van der Waals surface area contributed by atoms with Crippen LogP contribution in [0.5, 0.6) is 0 Å². The van der Waals surface area contributed by atoms with Crippen molar-refractivity contribution in [1.29, 1.82) is 0 Å². The van der Waals surface area contributed by atoms with Gasteiger partial charge >= 0.3 is 5.97 Å². The molecule has 1 heterocycles. The lowest BCUT2D eigenvalue weighted by atomic mass is 10.0. The van der Waals surface area contributed by atoms with Crippen LogP contribution in [0.25, 0.3) is 6.08 Å². The zero-order valence-corrected chi connectivity index (χ0v) is 6.73. The Balaban J connectivity index is 2.31. The lowest BCUT2D eigenvalue weighted by Gasteiger charge is -2.04. The van der Waals surface area contributed by atoms with E-state index in [9.17, 15) is 4.79 Å². The summed E-state index contributed by atoms with van der Waals surface area (Å²) in [5.41, 5.74) is 1.52. The number of aromatic nitrogens is 1. The van der Waals surface area contributed by atoms with Crippen molar-refractivity contribution in [3.05, 3.63) is 35.6 Å². The molecule has 0 spiro atoms. The van der Waals surface area contributed by atoms with Crippen molar-refractivity contribution in [1.82, 2.24) is 4.98 Å². The van der Waals surface area contributed by atoms with Gasteiger partial charge in [0, 0.05) is 12.5 Å². The molecule has 2 rings (SSSR count). The number of rotatable bonds is 1. The second-order valence-electron chi connectivity index (χ2n) is 2.73. The van der Waals surface area contributed by atoms with Crippen LogP contribution in [0.1, 0.15) is 11.5 Å². The van der Waals surface area contributed by atoms with Crippen LogP contribution in [0.3, 0.4) is 0 Å². The Labute approximate surface area is 74.2 Å². The molecule has 1 aromatic rings. The fourth-order valence-corrected chi connectivity index (χ4v) is 1.24. The molecule has 0 aromatic carbocycles. The molecule has 13 heavy (non-hydrogen) atoms. The summed E-state index contributed by atoms with van der Waals surface area (Å²) in [4.78, 5) is 14.3. The minimum atomic E-state index is -0.938. The van der Waals surface area contributed by atoms with E-state index in [1.807, 2.05) is 0 Å². The molecule has 4 heteroatoms. The van der Waals surface area contributed by atoms with Crippen molar-refractivity contribution in [3.8, 4) is 0 Å². The highest BCUT2D eigenvalue weighted by Crippen LogP contribution is 2.20. The molecule has 1 aliphatic carbocycles. The quantitative estimate of drug-likeness (QED) is 0.656. The van der Waals surface area contributed by atoms with E-state index < -0.39 is 5.97 Å². The van der Waals surface area contributed by atoms with Gasteiger partial charge < -0.3 is 9.52 Å². The van der Waals surface area contributed by atoms with E-state index in [2.05, 4.69) is 4.98 Å².